The lowest BCUT2D eigenvalue weighted by molar-refractivity contribution is 0.00269. The van der Waals surface area contributed by atoms with Crippen LogP contribution in [0.15, 0.2) is 0 Å². The Hall–Kier alpha value is -0.0800. The molecule has 0 unspecified atom stereocenters. The molecule has 0 N–H and O–H groups in total. The Kier molecular flexibility index (Phi) is 2.66. The zero-order valence-electron chi connectivity index (χ0n) is 7.96. The van der Waals surface area contributed by atoms with Crippen molar-refractivity contribution in [3.63, 3.8) is 0 Å². The van der Waals surface area contributed by atoms with E-state index in [4.69, 9.17) is 4.74 Å². The van der Waals surface area contributed by atoms with Crippen LogP contribution in [0.5, 0.6) is 0 Å². The smallest absolute Gasteiger partial charge is 0.0992 e. The maximum atomic E-state index is 5.54. The van der Waals surface area contributed by atoms with Crippen LogP contribution in [0.3, 0.4) is 0 Å². The number of hydrogen-bond acceptors (Lipinski definition) is 2. The highest BCUT2D eigenvalue weighted by molar-refractivity contribution is 4.79. The van der Waals surface area contributed by atoms with Crippen LogP contribution in [0.1, 0.15) is 32.6 Å². The molecule has 0 aliphatic carbocycles. The molecule has 0 radical (unpaired) electrons. The standard InChI is InChI=1S/C10H19NO/c1-9-4-5-10-3-2-6-12-8-11(10)7-9/h9-10H,2-8H2,1H3/t9-,10-/m1/s1. The van der Waals surface area contributed by atoms with E-state index in [0.717, 1.165) is 25.3 Å². The highest BCUT2D eigenvalue weighted by Crippen LogP contribution is 2.25. The zero-order chi connectivity index (χ0) is 8.39. The van der Waals surface area contributed by atoms with Gasteiger partial charge in [0.15, 0.2) is 0 Å². The predicted octanol–water partition coefficient (Wildman–Crippen LogP) is 1.85. The Balaban J connectivity index is 1.94. The molecule has 0 aromatic rings. The Bertz CT molecular complexity index is 149. The number of nitrogens with zero attached hydrogens (tertiary/aromatic N) is 1. The Morgan fingerprint density at radius 3 is 3.08 bits per heavy atom. The predicted molar refractivity (Wildman–Crippen MR) is 48.9 cm³/mol. The molecule has 0 bridgehead atoms. The van der Waals surface area contributed by atoms with Crippen molar-refractivity contribution in [3.05, 3.63) is 0 Å². The lowest BCUT2D eigenvalue weighted by Gasteiger charge is -2.36. The molecule has 2 heterocycles. The Morgan fingerprint density at radius 1 is 1.25 bits per heavy atom. The van der Waals surface area contributed by atoms with Crippen molar-refractivity contribution in [1.82, 2.24) is 4.90 Å². The SMILES string of the molecule is C[C@@H]1CC[C@H]2CCCOCN2C1. The van der Waals surface area contributed by atoms with Gasteiger partial charge in [0.25, 0.3) is 0 Å². The van der Waals surface area contributed by atoms with Crippen molar-refractivity contribution in [2.24, 2.45) is 5.92 Å². The average molecular weight is 169 g/mol. The molecule has 2 saturated heterocycles. The second-order valence-electron chi connectivity index (χ2n) is 4.29. The molecule has 0 amide bonds. The highest BCUT2D eigenvalue weighted by Gasteiger charge is 2.26. The van der Waals surface area contributed by atoms with E-state index in [1.54, 1.807) is 0 Å². The quantitative estimate of drug-likeness (QED) is 0.549. The van der Waals surface area contributed by atoms with E-state index in [-0.39, 0.29) is 0 Å². The summed E-state index contributed by atoms with van der Waals surface area (Å²) < 4.78 is 5.54. The van der Waals surface area contributed by atoms with E-state index < -0.39 is 0 Å². The second-order valence-corrected chi connectivity index (χ2v) is 4.29. The minimum Gasteiger partial charge on any atom is -0.366 e. The maximum Gasteiger partial charge on any atom is 0.0992 e. The van der Waals surface area contributed by atoms with Crippen molar-refractivity contribution < 1.29 is 4.74 Å². The molecule has 2 aliphatic heterocycles. The molecule has 70 valence electrons. The molecular weight excluding hydrogens is 150 g/mol. The van der Waals surface area contributed by atoms with Gasteiger partial charge in [-0.2, -0.15) is 0 Å². The summed E-state index contributed by atoms with van der Waals surface area (Å²) in [6.45, 7) is 5.46. The van der Waals surface area contributed by atoms with Crippen molar-refractivity contribution in [3.8, 4) is 0 Å². The van der Waals surface area contributed by atoms with E-state index in [1.165, 1.54) is 32.2 Å². The van der Waals surface area contributed by atoms with Crippen LogP contribution in [-0.2, 0) is 4.74 Å². The summed E-state index contributed by atoms with van der Waals surface area (Å²) in [5.41, 5.74) is 0. The molecule has 2 nitrogen and oxygen atoms in total. The van der Waals surface area contributed by atoms with Gasteiger partial charge in [0, 0.05) is 19.2 Å². The first kappa shape index (κ1) is 8.52. The molecule has 2 rings (SSSR count). The fourth-order valence-corrected chi connectivity index (χ4v) is 2.39. The third kappa shape index (κ3) is 1.80. The number of piperidine rings is 1. The normalized spacial score (nSPS) is 38.8. The summed E-state index contributed by atoms with van der Waals surface area (Å²) in [5.74, 6) is 0.878. The van der Waals surface area contributed by atoms with Gasteiger partial charge in [0.1, 0.15) is 0 Å². The highest BCUT2D eigenvalue weighted by atomic mass is 16.5. The van der Waals surface area contributed by atoms with Gasteiger partial charge in [-0.05, 0) is 31.6 Å². The molecular formula is C10H19NO. The first-order valence-electron chi connectivity index (χ1n) is 5.18. The lowest BCUT2D eigenvalue weighted by Crippen LogP contribution is -2.42. The van der Waals surface area contributed by atoms with E-state index in [2.05, 4.69) is 11.8 Å². The molecule has 0 saturated carbocycles. The van der Waals surface area contributed by atoms with Crippen LogP contribution in [-0.4, -0.2) is 30.8 Å². The van der Waals surface area contributed by atoms with Crippen LogP contribution >= 0.6 is 0 Å². The number of fused-ring (bicyclic) bond motifs is 1. The van der Waals surface area contributed by atoms with Crippen molar-refractivity contribution in [2.45, 2.75) is 38.6 Å². The number of rotatable bonds is 0. The molecule has 2 aliphatic rings. The third-order valence-corrected chi connectivity index (χ3v) is 3.14. The van der Waals surface area contributed by atoms with Gasteiger partial charge < -0.3 is 4.74 Å². The summed E-state index contributed by atoms with van der Waals surface area (Å²) in [5, 5.41) is 0. The van der Waals surface area contributed by atoms with Gasteiger partial charge >= 0.3 is 0 Å². The topological polar surface area (TPSA) is 12.5 Å². The van der Waals surface area contributed by atoms with Crippen LogP contribution in [0.25, 0.3) is 0 Å². The van der Waals surface area contributed by atoms with Gasteiger partial charge in [0.05, 0.1) is 6.73 Å². The van der Waals surface area contributed by atoms with Crippen molar-refractivity contribution in [1.29, 1.82) is 0 Å². The van der Waals surface area contributed by atoms with Crippen LogP contribution in [0.2, 0.25) is 0 Å². The van der Waals surface area contributed by atoms with Crippen molar-refractivity contribution >= 4 is 0 Å². The van der Waals surface area contributed by atoms with Crippen LogP contribution in [0, 0.1) is 5.92 Å². The fraction of sp³-hybridized carbons (Fsp3) is 1.00. The number of ether oxygens (including phenoxy) is 1. The maximum absolute atomic E-state index is 5.54. The van der Waals surface area contributed by atoms with Gasteiger partial charge in [-0.3, -0.25) is 4.90 Å². The van der Waals surface area contributed by atoms with Gasteiger partial charge in [-0.25, -0.2) is 0 Å². The summed E-state index contributed by atoms with van der Waals surface area (Å²) in [4.78, 5) is 2.53. The molecule has 0 spiro atoms. The van der Waals surface area contributed by atoms with E-state index >= 15 is 0 Å². The molecule has 12 heavy (non-hydrogen) atoms. The summed E-state index contributed by atoms with van der Waals surface area (Å²) in [6, 6.07) is 0.837. The second kappa shape index (κ2) is 3.75. The zero-order valence-corrected chi connectivity index (χ0v) is 7.96. The average Bonchev–Trinajstić information content (AvgIpc) is 2.28. The molecule has 0 aromatic carbocycles. The van der Waals surface area contributed by atoms with Crippen molar-refractivity contribution in [2.75, 3.05) is 19.9 Å². The van der Waals surface area contributed by atoms with Crippen LogP contribution < -0.4 is 0 Å². The number of hydrogen-bond donors (Lipinski definition) is 0. The minimum absolute atomic E-state index is 0.837. The van der Waals surface area contributed by atoms with E-state index in [1.807, 2.05) is 0 Å². The van der Waals surface area contributed by atoms with Crippen LogP contribution in [0.4, 0.5) is 0 Å². The van der Waals surface area contributed by atoms with E-state index in [9.17, 15) is 0 Å². The fourth-order valence-electron chi connectivity index (χ4n) is 2.39. The monoisotopic (exact) mass is 169 g/mol. The summed E-state index contributed by atoms with van der Waals surface area (Å²) in [7, 11) is 0. The lowest BCUT2D eigenvalue weighted by atomic mass is 9.92. The van der Waals surface area contributed by atoms with Gasteiger partial charge in [0.2, 0.25) is 0 Å². The Labute approximate surface area is 74.9 Å². The first-order chi connectivity index (χ1) is 5.86. The molecule has 2 heteroatoms. The van der Waals surface area contributed by atoms with Gasteiger partial charge in [-0.1, -0.05) is 6.92 Å². The third-order valence-electron chi connectivity index (χ3n) is 3.14. The largest absolute Gasteiger partial charge is 0.366 e. The van der Waals surface area contributed by atoms with Gasteiger partial charge in [-0.15, -0.1) is 0 Å². The molecule has 2 atom stereocenters. The summed E-state index contributed by atoms with van der Waals surface area (Å²) >= 11 is 0. The molecule has 2 fully saturated rings. The van der Waals surface area contributed by atoms with E-state index in [0.29, 0.717) is 0 Å². The molecule has 0 aromatic heterocycles. The summed E-state index contributed by atoms with van der Waals surface area (Å²) in [6.07, 6.45) is 5.42. The first-order valence-corrected chi connectivity index (χ1v) is 5.18. The minimum atomic E-state index is 0.837. The Morgan fingerprint density at radius 2 is 2.17 bits per heavy atom.